The standard InChI is InChI=1S/C12H16N3O2/c16-9-8-14-4-6-15(7-5-14)12(17)11-2-1-3-13-10-11/h1-2,10,16H,4-9H2. The van der Waals surface area contributed by atoms with E-state index in [4.69, 9.17) is 5.11 Å². The molecule has 5 nitrogen and oxygen atoms in total. The van der Waals surface area contributed by atoms with E-state index in [-0.39, 0.29) is 12.5 Å². The molecule has 0 unspecified atom stereocenters. The number of nitrogens with zero attached hydrogens (tertiary/aromatic N) is 3. The van der Waals surface area contributed by atoms with Crippen molar-refractivity contribution in [3.05, 3.63) is 30.1 Å². The van der Waals surface area contributed by atoms with Crippen molar-refractivity contribution in [2.24, 2.45) is 0 Å². The van der Waals surface area contributed by atoms with E-state index in [2.05, 4.69) is 16.1 Å². The fraction of sp³-hybridized carbons (Fsp3) is 0.500. The van der Waals surface area contributed by atoms with Crippen LogP contribution >= 0.6 is 0 Å². The third kappa shape index (κ3) is 3.01. The van der Waals surface area contributed by atoms with Gasteiger partial charge in [-0.1, -0.05) is 0 Å². The molecule has 2 heterocycles. The molecule has 1 aromatic rings. The normalized spacial score (nSPS) is 17.1. The van der Waals surface area contributed by atoms with Gasteiger partial charge in [-0.15, -0.1) is 0 Å². The lowest BCUT2D eigenvalue weighted by atomic mass is 10.2. The number of pyridine rings is 1. The Balaban J connectivity index is 1.91. The van der Waals surface area contributed by atoms with Gasteiger partial charge in [-0.05, 0) is 12.1 Å². The van der Waals surface area contributed by atoms with Crippen LogP contribution in [0.1, 0.15) is 10.4 Å². The van der Waals surface area contributed by atoms with E-state index in [1.807, 2.05) is 4.90 Å². The molecule has 1 radical (unpaired) electrons. The van der Waals surface area contributed by atoms with Crippen LogP contribution in [0.4, 0.5) is 0 Å². The number of carbonyl (C=O) groups is 1. The number of hydrogen-bond donors (Lipinski definition) is 1. The maximum absolute atomic E-state index is 12.1. The highest BCUT2D eigenvalue weighted by molar-refractivity contribution is 5.93. The molecule has 0 aromatic carbocycles. The van der Waals surface area contributed by atoms with Gasteiger partial charge < -0.3 is 10.0 Å². The lowest BCUT2D eigenvalue weighted by Crippen LogP contribution is -2.49. The number of aliphatic hydroxyl groups excluding tert-OH is 1. The van der Waals surface area contributed by atoms with Crippen molar-refractivity contribution in [1.82, 2.24) is 14.8 Å². The molecular formula is C12H16N3O2. The molecule has 91 valence electrons. The zero-order chi connectivity index (χ0) is 12.1. The molecule has 1 N–H and O–H groups in total. The summed E-state index contributed by atoms with van der Waals surface area (Å²) < 4.78 is 0. The van der Waals surface area contributed by atoms with Crippen LogP contribution in [-0.2, 0) is 0 Å². The molecule has 0 spiro atoms. The minimum absolute atomic E-state index is 0.0233. The Morgan fingerprint density at radius 2 is 2.18 bits per heavy atom. The Labute approximate surface area is 101 Å². The maximum Gasteiger partial charge on any atom is 0.255 e. The van der Waals surface area contributed by atoms with Crippen molar-refractivity contribution < 1.29 is 9.90 Å². The van der Waals surface area contributed by atoms with Gasteiger partial charge in [-0.3, -0.25) is 14.7 Å². The van der Waals surface area contributed by atoms with Gasteiger partial charge in [0, 0.05) is 38.9 Å². The first-order valence-corrected chi connectivity index (χ1v) is 5.76. The number of carbonyl (C=O) groups excluding carboxylic acids is 1. The molecule has 5 heteroatoms. The molecule has 0 aliphatic carbocycles. The van der Waals surface area contributed by atoms with Crippen LogP contribution in [0.2, 0.25) is 0 Å². The van der Waals surface area contributed by atoms with Crippen LogP contribution in [0.5, 0.6) is 0 Å². The molecule has 1 aliphatic rings. The quantitative estimate of drug-likeness (QED) is 0.775. The Kier molecular flexibility index (Phi) is 4.06. The van der Waals surface area contributed by atoms with Gasteiger partial charge >= 0.3 is 0 Å². The van der Waals surface area contributed by atoms with Gasteiger partial charge in [-0.2, -0.15) is 0 Å². The van der Waals surface area contributed by atoms with Gasteiger partial charge in [0.15, 0.2) is 0 Å². The van der Waals surface area contributed by atoms with E-state index in [0.717, 1.165) is 13.1 Å². The summed E-state index contributed by atoms with van der Waals surface area (Å²) in [5.41, 5.74) is 0.611. The highest BCUT2D eigenvalue weighted by Gasteiger charge is 2.21. The second kappa shape index (κ2) is 5.75. The van der Waals surface area contributed by atoms with Crippen LogP contribution in [0.15, 0.2) is 18.3 Å². The fourth-order valence-electron chi connectivity index (χ4n) is 1.94. The van der Waals surface area contributed by atoms with Crippen LogP contribution in [0, 0.1) is 6.20 Å². The minimum Gasteiger partial charge on any atom is -0.395 e. The van der Waals surface area contributed by atoms with Gasteiger partial charge in [0.25, 0.3) is 5.91 Å². The van der Waals surface area contributed by atoms with E-state index in [9.17, 15) is 4.79 Å². The molecule has 1 saturated heterocycles. The van der Waals surface area contributed by atoms with E-state index < -0.39 is 0 Å². The summed E-state index contributed by atoms with van der Waals surface area (Å²) in [5, 5.41) is 8.84. The number of piperazine rings is 1. The van der Waals surface area contributed by atoms with Gasteiger partial charge in [0.2, 0.25) is 0 Å². The smallest absolute Gasteiger partial charge is 0.255 e. The Morgan fingerprint density at radius 3 is 2.76 bits per heavy atom. The largest absolute Gasteiger partial charge is 0.395 e. The van der Waals surface area contributed by atoms with Crippen molar-refractivity contribution in [1.29, 1.82) is 0 Å². The highest BCUT2D eigenvalue weighted by Crippen LogP contribution is 2.07. The SMILES string of the molecule is O=C(c1cc[c]nc1)N1CCN(CCO)CC1. The number of hydrogen-bond acceptors (Lipinski definition) is 4. The summed E-state index contributed by atoms with van der Waals surface area (Å²) in [6.45, 7) is 3.91. The Bertz CT molecular complexity index is 361. The number of rotatable bonds is 3. The molecular weight excluding hydrogens is 218 g/mol. The Morgan fingerprint density at radius 1 is 1.41 bits per heavy atom. The molecule has 2 rings (SSSR count). The topological polar surface area (TPSA) is 56.7 Å². The first kappa shape index (κ1) is 12.0. The van der Waals surface area contributed by atoms with Crippen LogP contribution in [0.3, 0.4) is 0 Å². The maximum atomic E-state index is 12.1. The summed E-state index contributed by atoms with van der Waals surface area (Å²) in [4.78, 5) is 19.9. The molecule has 1 fully saturated rings. The van der Waals surface area contributed by atoms with Gasteiger partial charge in [-0.25, -0.2) is 0 Å². The summed E-state index contributed by atoms with van der Waals surface area (Å²) in [6.07, 6.45) is 4.20. The first-order chi connectivity index (χ1) is 8.31. The van der Waals surface area contributed by atoms with Crippen molar-refractivity contribution >= 4 is 5.91 Å². The highest BCUT2D eigenvalue weighted by atomic mass is 16.3. The second-order valence-electron chi connectivity index (χ2n) is 4.03. The fourth-order valence-corrected chi connectivity index (χ4v) is 1.94. The number of aliphatic hydroxyl groups is 1. The van der Waals surface area contributed by atoms with Crippen LogP contribution < -0.4 is 0 Å². The molecule has 0 bridgehead atoms. The Hall–Kier alpha value is -1.46. The average Bonchev–Trinajstić information content (AvgIpc) is 2.40. The molecule has 1 aromatic heterocycles. The molecule has 0 saturated carbocycles. The van der Waals surface area contributed by atoms with E-state index in [0.29, 0.717) is 25.2 Å². The van der Waals surface area contributed by atoms with Crippen molar-refractivity contribution in [3.63, 3.8) is 0 Å². The van der Waals surface area contributed by atoms with E-state index in [1.165, 1.54) is 0 Å². The zero-order valence-electron chi connectivity index (χ0n) is 9.67. The third-order valence-electron chi connectivity index (χ3n) is 2.94. The number of amides is 1. The lowest BCUT2D eigenvalue weighted by molar-refractivity contribution is 0.0614. The van der Waals surface area contributed by atoms with Crippen molar-refractivity contribution in [2.45, 2.75) is 0 Å². The monoisotopic (exact) mass is 234 g/mol. The average molecular weight is 234 g/mol. The second-order valence-corrected chi connectivity index (χ2v) is 4.03. The van der Waals surface area contributed by atoms with Crippen molar-refractivity contribution in [3.8, 4) is 0 Å². The molecule has 17 heavy (non-hydrogen) atoms. The van der Waals surface area contributed by atoms with Crippen LogP contribution in [-0.4, -0.2) is 65.1 Å². The summed E-state index contributed by atoms with van der Waals surface area (Å²) in [6, 6.07) is 3.38. The lowest BCUT2D eigenvalue weighted by Gasteiger charge is -2.34. The predicted octanol–water partition coefficient (Wildman–Crippen LogP) is -0.368. The number of aromatic nitrogens is 1. The predicted molar refractivity (Wildman–Crippen MR) is 62.5 cm³/mol. The van der Waals surface area contributed by atoms with E-state index in [1.54, 1.807) is 18.3 Å². The summed E-state index contributed by atoms with van der Waals surface area (Å²) in [7, 11) is 0. The minimum atomic E-state index is 0.0233. The zero-order valence-corrected chi connectivity index (χ0v) is 9.67. The van der Waals surface area contributed by atoms with Crippen LogP contribution in [0.25, 0.3) is 0 Å². The first-order valence-electron chi connectivity index (χ1n) is 5.76. The summed E-state index contributed by atoms with van der Waals surface area (Å²) >= 11 is 0. The molecule has 1 aliphatic heterocycles. The van der Waals surface area contributed by atoms with Crippen molar-refractivity contribution in [2.75, 3.05) is 39.3 Å². The molecule has 1 amide bonds. The summed E-state index contributed by atoms with van der Waals surface area (Å²) in [5.74, 6) is 0.0233. The van der Waals surface area contributed by atoms with Gasteiger partial charge in [0.05, 0.1) is 18.4 Å². The third-order valence-corrected chi connectivity index (χ3v) is 2.94. The van der Waals surface area contributed by atoms with Gasteiger partial charge in [0.1, 0.15) is 0 Å². The molecule has 0 atom stereocenters. The number of β-amino-alcohol motifs (C(OH)–C–C–N with tert-alkyl or cyclic N) is 1. The van der Waals surface area contributed by atoms with E-state index >= 15 is 0 Å².